The number of hydroxylamine groups is 1. The van der Waals surface area contributed by atoms with Gasteiger partial charge in [0.25, 0.3) is 0 Å². The lowest BCUT2D eigenvalue weighted by Crippen LogP contribution is -2.28. The Morgan fingerprint density at radius 2 is 1.92 bits per heavy atom. The summed E-state index contributed by atoms with van der Waals surface area (Å²) < 4.78 is 10.5. The van der Waals surface area contributed by atoms with Gasteiger partial charge in [-0.3, -0.25) is 5.21 Å². The number of rotatable bonds is 5. The number of methoxy groups -OCH3 is 1. The van der Waals surface area contributed by atoms with Gasteiger partial charge in [-0.1, -0.05) is 30.7 Å². The van der Waals surface area contributed by atoms with Crippen LogP contribution in [0.2, 0.25) is 5.02 Å². The fraction of sp³-hybridized carbons (Fsp3) is 0.316. The van der Waals surface area contributed by atoms with Crippen molar-refractivity contribution in [1.82, 2.24) is 0 Å². The van der Waals surface area contributed by atoms with Crippen LogP contribution in [0.15, 0.2) is 30.3 Å². The van der Waals surface area contributed by atoms with Gasteiger partial charge in [0.05, 0.1) is 17.8 Å². The minimum Gasteiger partial charge on any atom is -0.487 e. The number of hydrogen-bond donors (Lipinski definition) is 1. The van der Waals surface area contributed by atoms with Crippen molar-refractivity contribution in [3.8, 4) is 5.75 Å². The minimum atomic E-state index is -0.862. The van der Waals surface area contributed by atoms with E-state index in [2.05, 4.69) is 4.74 Å². The van der Waals surface area contributed by atoms with Crippen LogP contribution < -0.4 is 9.80 Å². The Morgan fingerprint density at radius 1 is 1.24 bits per heavy atom. The first-order chi connectivity index (χ1) is 11.9. The molecule has 0 fully saturated rings. The third-order valence-electron chi connectivity index (χ3n) is 4.13. The second-order valence-electron chi connectivity index (χ2n) is 5.71. The summed E-state index contributed by atoms with van der Waals surface area (Å²) in [6.07, 6.45) is -0.138. The molecule has 2 rings (SSSR count). The van der Waals surface area contributed by atoms with Crippen molar-refractivity contribution < 1.29 is 19.5 Å². The molecule has 0 atom stereocenters. The van der Waals surface area contributed by atoms with E-state index in [9.17, 15) is 10.0 Å². The van der Waals surface area contributed by atoms with Gasteiger partial charge in [0, 0.05) is 5.56 Å². The molecule has 25 heavy (non-hydrogen) atoms. The molecule has 0 aromatic heterocycles. The van der Waals surface area contributed by atoms with Crippen LogP contribution in [0, 0.1) is 13.8 Å². The topological polar surface area (TPSA) is 59.0 Å². The normalized spacial score (nSPS) is 10.5. The van der Waals surface area contributed by atoms with Gasteiger partial charge in [0.1, 0.15) is 12.4 Å². The molecule has 1 amide bonds. The van der Waals surface area contributed by atoms with Gasteiger partial charge in [-0.2, -0.15) is 5.06 Å². The van der Waals surface area contributed by atoms with E-state index in [0.29, 0.717) is 27.1 Å². The molecule has 5 nitrogen and oxygen atoms in total. The maximum Gasteiger partial charge on any atom is 0.438 e. The Labute approximate surface area is 152 Å². The van der Waals surface area contributed by atoms with E-state index in [-0.39, 0.29) is 6.61 Å². The van der Waals surface area contributed by atoms with Crippen molar-refractivity contribution >= 4 is 23.4 Å². The molecular weight excluding hydrogens is 342 g/mol. The predicted octanol–water partition coefficient (Wildman–Crippen LogP) is 5.06. The maximum atomic E-state index is 11.7. The van der Waals surface area contributed by atoms with Crippen LogP contribution in [0.3, 0.4) is 0 Å². The highest BCUT2D eigenvalue weighted by molar-refractivity contribution is 6.32. The van der Waals surface area contributed by atoms with Crippen LogP contribution >= 0.6 is 11.6 Å². The number of carbonyl (C=O) groups is 1. The number of hydrogen-bond acceptors (Lipinski definition) is 4. The Hall–Kier alpha value is -2.24. The summed E-state index contributed by atoms with van der Waals surface area (Å²) in [6, 6.07) is 9.06. The Morgan fingerprint density at radius 3 is 2.56 bits per heavy atom. The number of amides is 1. The number of benzene rings is 2. The standard InChI is InChI=1S/C19H22ClNO4/c1-5-14-7-6-8-17(21(23)19(22)24-4)15(14)11-25-18-10-13(3)12(2)9-16(18)20/h6-10,23H,5,11H2,1-4H3. The van der Waals surface area contributed by atoms with E-state index < -0.39 is 6.09 Å². The van der Waals surface area contributed by atoms with Gasteiger partial charge >= 0.3 is 6.09 Å². The molecule has 0 bridgehead atoms. The van der Waals surface area contributed by atoms with E-state index in [4.69, 9.17) is 16.3 Å². The molecule has 0 saturated carbocycles. The molecule has 0 radical (unpaired) electrons. The minimum absolute atomic E-state index is 0.162. The fourth-order valence-corrected chi connectivity index (χ4v) is 2.79. The van der Waals surface area contributed by atoms with E-state index in [1.54, 1.807) is 12.1 Å². The largest absolute Gasteiger partial charge is 0.487 e. The van der Waals surface area contributed by atoms with Crippen LogP contribution in [-0.4, -0.2) is 18.4 Å². The van der Waals surface area contributed by atoms with E-state index >= 15 is 0 Å². The van der Waals surface area contributed by atoms with E-state index in [0.717, 1.165) is 23.1 Å². The summed E-state index contributed by atoms with van der Waals surface area (Å²) in [5.74, 6) is 0.559. The monoisotopic (exact) mass is 363 g/mol. The number of aryl methyl sites for hydroxylation is 3. The first-order valence-electron chi connectivity index (χ1n) is 7.96. The zero-order chi connectivity index (χ0) is 18.6. The highest BCUT2D eigenvalue weighted by Crippen LogP contribution is 2.31. The predicted molar refractivity (Wildman–Crippen MR) is 97.7 cm³/mol. The Kier molecular flexibility index (Phi) is 6.28. The molecule has 2 aromatic rings. The van der Waals surface area contributed by atoms with E-state index in [1.165, 1.54) is 7.11 Å². The van der Waals surface area contributed by atoms with Gasteiger partial charge in [-0.15, -0.1) is 0 Å². The molecule has 2 aromatic carbocycles. The van der Waals surface area contributed by atoms with Gasteiger partial charge in [-0.05, 0) is 55.2 Å². The molecular formula is C19H22ClNO4. The molecule has 0 aliphatic rings. The Balaban J connectivity index is 2.35. The average molecular weight is 364 g/mol. The zero-order valence-electron chi connectivity index (χ0n) is 14.8. The second-order valence-corrected chi connectivity index (χ2v) is 6.11. The lowest BCUT2D eigenvalue weighted by molar-refractivity contribution is 0.140. The highest BCUT2D eigenvalue weighted by atomic mass is 35.5. The van der Waals surface area contributed by atoms with Crippen molar-refractivity contribution in [3.05, 3.63) is 57.6 Å². The Bertz CT molecular complexity index is 776. The molecule has 1 N–H and O–H groups in total. The average Bonchev–Trinajstić information content (AvgIpc) is 2.61. The molecule has 0 unspecified atom stereocenters. The molecule has 6 heteroatoms. The summed E-state index contributed by atoms with van der Waals surface area (Å²) in [7, 11) is 1.21. The van der Waals surface area contributed by atoms with Crippen LogP contribution in [-0.2, 0) is 17.8 Å². The number of nitrogens with zero attached hydrogens (tertiary/aromatic N) is 1. The van der Waals surface area contributed by atoms with Gasteiger partial charge in [0.2, 0.25) is 0 Å². The first kappa shape index (κ1) is 19.1. The number of ether oxygens (including phenoxy) is 2. The summed E-state index contributed by atoms with van der Waals surface area (Å²) in [5, 5.41) is 11.1. The van der Waals surface area contributed by atoms with E-state index in [1.807, 2.05) is 39.0 Å². The SMILES string of the molecule is CCc1cccc(N(O)C(=O)OC)c1COc1cc(C)c(C)cc1Cl. The van der Waals surface area contributed by atoms with Gasteiger partial charge < -0.3 is 9.47 Å². The van der Waals surface area contributed by atoms with Crippen LogP contribution in [0.5, 0.6) is 5.75 Å². The van der Waals surface area contributed by atoms with Crippen LogP contribution in [0.25, 0.3) is 0 Å². The third-order valence-corrected chi connectivity index (χ3v) is 4.42. The van der Waals surface area contributed by atoms with Gasteiger partial charge in [0.15, 0.2) is 0 Å². The molecule has 0 aliphatic heterocycles. The summed E-state index contributed by atoms with van der Waals surface area (Å²) in [4.78, 5) is 11.7. The quantitative estimate of drug-likeness (QED) is 0.595. The lowest BCUT2D eigenvalue weighted by atomic mass is 10.0. The second kappa shape index (κ2) is 8.23. The molecule has 0 saturated heterocycles. The van der Waals surface area contributed by atoms with Crippen LogP contribution in [0.1, 0.15) is 29.2 Å². The van der Waals surface area contributed by atoms with Crippen molar-refractivity contribution in [1.29, 1.82) is 0 Å². The number of carbonyl (C=O) groups excluding carboxylic acids is 1. The fourth-order valence-electron chi connectivity index (χ4n) is 2.52. The van der Waals surface area contributed by atoms with Crippen molar-refractivity contribution in [3.63, 3.8) is 0 Å². The number of halogens is 1. The molecule has 0 spiro atoms. The third kappa shape index (κ3) is 4.24. The van der Waals surface area contributed by atoms with Crippen LogP contribution in [0.4, 0.5) is 10.5 Å². The zero-order valence-corrected chi connectivity index (χ0v) is 15.6. The summed E-state index contributed by atoms with van der Waals surface area (Å²) in [6.45, 7) is 6.12. The maximum absolute atomic E-state index is 11.7. The smallest absolute Gasteiger partial charge is 0.438 e. The molecule has 0 heterocycles. The van der Waals surface area contributed by atoms with Crippen molar-refractivity contribution in [2.45, 2.75) is 33.8 Å². The number of anilines is 1. The van der Waals surface area contributed by atoms with Gasteiger partial charge in [-0.25, -0.2) is 4.79 Å². The highest BCUT2D eigenvalue weighted by Gasteiger charge is 2.19. The lowest BCUT2D eigenvalue weighted by Gasteiger charge is -2.20. The summed E-state index contributed by atoms with van der Waals surface area (Å²) in [5.41, 5.74) is 4.14. The van der Waals surface area contributed by atoms with Crippen molar-refractivity contribution in [2.75, 3.05) is 12.2 Å². The van der Waals surface area contributed by atoms with Crippen molar-refractivity contribution in [2.24, 2.45) is 0 Å². The molecule has 134 valence electrons. The first-order valence-corrected chi connectivity index (χ1v) is 8.34. The molecule has 0 aliphatic carbocycles. The summed E-state index contributed by atoms with van der Waals surface area (Å²) >= 11 is 6.26.